The van der Waals surface area contributed by atoms with Crippen molar-refractivity contribution in [3.05, 3.63) is 45.2 Å². The molecule has 0 bridgehead atoms. The molecule has 1 aliphatic rings. The second-order valence-corrected chi connectivity index (χ2v) is 8.07. The van der Waals surface area contributed by atoms with E-state index in [2.05, 4.69) is 25.5 Å². The number of anilines is 1. The molecule has 2 aromatic rings. The standard InChI is InChI=1S/C19H26ClN5O2S.HI/c1-2-21-19(24-13-15(26)16-5-6-17(20)28-16)23-12-14-4-3-7-22-18(14)25-8-10-27-11-9-25;/h3-7,15,26H,2,8-13H2,1H3,(H2,21,23,24);1H. The maximum atomic E-state index is 10.3. The van der Waals surface area contributed by atoms with Gasteiger partial charge in [0.1, 0.15) is 11.9 Å². The van der Waals surface area contributed by atoms with Crippen molar-refractivity contribution in [3.8, 4) is 0 Å². The van der Waals surface area contributed by atoms with Crippen molar-refractivity contribution in [3.63, 3.8) is 0 Å². The maximum absolute atomic E-state index is 10.3. The highest BCUT2D eigenvalue weighted by atomic mass is 127. The third kappa shape index (κ3) is 7.25. The van der Waals surface area contributed by atoms with Gasteiger partial charge in [0, 0.05) is 42.8 Å². The second kappa shape index (κ2) is 12.5. The number of halogens is 2. The molecule has 3 heterocycles. The fraction of sp³-hybridized carbons (Fsp3) is 0.474. The smallest absolute Gasteiger partial charge is 0.191 e. The van der Waals surface area contributed by atoms with Crippen LogP contribution in [-0.2, 0) is 11.3 Å². The first-order valence-corrected chi connectivity index (χ1v) is 10.6. The molecular formula is C19H27ClIN5O2S. The largest absolute Gasteiger partial charge is 0.386 e. The summed E-state index contributed by atoms with van der Waals surface area (Å²) in [6, 6.07) is 7.61. The highest BCUT2D eigenvalue weighted by Gasteiger charge is 2.16. The average Bonchev–Trinajstić information content (AvgIpc) is 3.17. The Labute approximate surface area is 197 Å². The Bertz CT molecular complexity index is 785. The van der Waals surface area contributed by atoms with Gasteiger partial charge in [-0.1, -0.05) is 17.7 Å². The SMILES string of the molecule is CCNC(=NCc1cccnc1N1CCOCC1)NCC(O)c1ccc(Cl)s1.I. The Morgan fingerprint density at radius 3 is 2.83 bits per heavy atom. The quantitative estimate of drug-likeness (QED) is 0.279. The van der Waals surface area contributed by atoms with Crippen LogP contribution in [0.5, 0.6) is 0 Å². The summed E-state index contributed by atoms with van der Waals surface area (Å²) in [7, 11) is 0. The van der Waals surface area contributed by atoms with Gasteiger partial charge in [-0.05, 0) is 25.1 Å². The number of nitrogens with one attached hydrogen (secondary N) is 2. The number of nitrogens with zero attached hydrogens (tertiary/aromatic N) is 3. The number of aromatic nitrogens is 1. The molecule has 1 aliphatic heterocycles. The van der Waals surface area contributed by atoms with E-state index >= 15 is 0 Å². The van der Waals surface area contributed by atoms with E-state index in [1.807, 2.05) is 31.3 Å². The summed E-state index contributed by atoms with van der Waals surface area (Å²) in [6.07, 6.45) is 1.17. The Morgan fingerprint density at radius 2 is 2.14 bits per heavy atom. The monoisotopic (exact) mass is 551 g/mol. The lowest BCUT2D eigenvalue weighted by Gasteiger charge is -2.29. The zero-order valence-electron chi connectivity index (χ0n) is 16.3. The number of guanidine groups is 1. The predicted octanol–water partition coefficient (Wildman–Crippen LogP) is 3.04. The first-order valence-electron chi connectivity index (χ1n) is 9.39. The summed E-state index contributed by atoms with van der Waals surface area (Å²) >= 11 is 7.33. The van der Waals surface area contributed by atoms with Crippen molar-refractivity contribution in [2.24, 2.45) is 4.99 Å². The number of hydrogen-bond acceptors (Lipinski definition) is 6. The molecule has 3 N–H and O–H groups in total. The molecule has 160 valence electrons. The minimum Gasteiger partial charge on any atom is -0.386 e. The molecule has 0 spiro atoms. The van der Waals surface area contributed by atoms with Gasteiger partial charge in [0.15, 0.2) is 5.96 Å². The molecular weight excluding hydrogens is 525 g/mol. The summed E-state index contributed by atoms with van der Waals surface area (Å²) < 4.78 is 6.10. The normalized spacial score (nSPS) is 15.6. The molecule has 0 aromatic carbocycles. The van der Waals surface area contributed by atoms with Gasteiger partial charge in [0.05, 0.1) is 24.1 Å². The zero-order chi connectivity index (χ0) is 19.8. The molecule has 1 unspecified atom stereocenters. The molecule has 7 nitrogen and oxygen atoms in total. The molecule has 10 heteroatoms. The molecule has 0 amide bonds. The van der Waals surface area contributed by atoms with Crippen LogP contribution in [-0.4, -0.2) is 55.4 Å². The molecule has 0 radical (unpaired) electrons. The van der Waals surface area contributed by atoms with Gasteiger partial charge in [-0.2, -0.15) is 0 Å². The third-order valence-electron chi connectivity index (χ3n) is 4.32. The zero-order valence-corrected chi connectivity index (χ0v) is 20.2. The van der Waals surface area contributed by atoms with Gasteiger partial charge in [0.25, 0.3) is 0 Å². The molecule has 2 aromatic heterocycles. The van der Waals surface area contributed by atoms with Crippen LogP contribution in [0.1, 0.15) is 23.5 Å². The number of aliphatic imine (C=N–C) groups is 1. The number of thiophene rings is 1. The highest BCUT2D eigenvalue weighted by molar-refractivity contribution is 14.0. The molecule has 3 rings (SSSR count). The Balaban J connectivity index is 0.00000300. The molecule has 0 saturated carbocycles. The fourth-order valence-corrected chi connectivity index (χ4v) is 3.97. The average molecular weight is 552 g/mol. The van der Waals surface area contributed by atoms with Crippen LogP contribution in [0.3, 0.4) is 0 Å². The van der Waals surface area contributed by atoms with Gasteiger partial charge in [-0.15, -0.1) is 35.3 Å². The Morgan fingerprint density at radius 1 is 1.34 bits per heavy atom. The predicted molar refractivity (Wildman–Crippen MR) is 130 cm³/mol. The summed E-state index contributed by atoms with van der Waals surface area (Å²) in [4.78, 5) is 12.3. The number of hydrogen-bond donors (Lipinski definition) is 3. The van der Waals surface area contributed by atoms with Crippen molar-refractivity contribution in [1.82, 2.24) is 15.6 Å². The van der Waals surface area contributed by atoms with E-state index < -0.39 is 6.10 Å². The molecule has 1 atom stereocenters. The minimum absolute atomic E-state index is 0. The molecule has 29 heavy (non-hydrogen) atoms. The van der Waals surface area contributed by atoms with Crippen molar-refractivity contribution >= 4 is 58.7 Å². The second-order valence-electron chi connectivity index (χ2n) is 6.32. The van der Waals surface area contributed by atoms with Gasteiger partial charge in [0.2, 0.25) is 0 Å². The van der Waals surface area contributed by atoms with Crippen LogP contribution in [0.2, 0.25) is 4.34 Å². The van der Waals surface area contributed by atoms with Gasteiger partial charge >= 0.3 is 0 Å². The van der Waals surface area contributed by atoms with Gasteiger partial charge in [-0.3, -0.25) is 0 Å². The molecule has 1 fully saturated rings. The number of ether oxygens (including phenoxy) is 1. The lowest BCUT2D eigenvalue weighted by molar-refractivity contribution is 0.122. The Hall–Kier alpha value is -1.14. The van der Waals surface area contributed by atoms with Crippen LogP contribution in [0.4, 0.5) is 5.82 Å². The molecule has 1 saturated heterocycles. The summed E-state index contributed by atoms with van der Waals surface area (Å²) in [5.74, 6) is 1.61. The van der Waals surface area contributed by atoms with E-state index in [1.165, 1.54) is 11.3 Å². The number of aliphatic hydroxyl groups is 1. The van der Waals surface area contributed by atoms with Crippen LogP contribution in [0.15, 0.2) is 35.5 Å². The summed E-state index contributed by atoms with van der Waals surface area (Å²) in [5.41, 5.74) is 1.06. The first-order chi connectivity index (χ1) is 13.7. The van der Waals surface area contributed by atoms with E-state index in [1.54, 1.807) is 6.07 Å². The fourth-order valence-electron chi connectivity index (χ4n) is 2.92. The van der Waals surface area contributed by atoms with E-state index in [-0.39, 0.29) is 24.0 Å². The van der Waals surface area contributed by atoms with Crippen molar-refractivity contribution in [2.75, 3.05) is 44.3 Å². The number of pyridine rings is 1. The van der Waals surface area contributed by atoms with E-state index in [4.69, 9.17) is 16.3 Å². The van der Waals surface area contributed by atoms with Gasteiger partial charge < -0.3 is 25.4 Å². The lowest BCUT2D eigenvalue weighted by Crippen LogP contribution is -2.39. The van der Waals surface area contributed by atoms with Crippen LogP contribution in [0.25, 0.3) is 0 Å². The van der Waals surface area contributed by atoms with Crippen LogP contribution < -0.4 is 15.5 Å². The van der Waals surface area contributed by atoms with Crippen molar-refractivity contribution in [1.29, 1.82) is 0 Å². The first kappa shape index (κ1) is 24.1. The summed E-state index contributed by atoms with van der Waals surface area (Å²) in [5, 5.41) is 16.7. The third-order valence-corrected chi connectivity index (χ3v) is 5.65. The summed E-state index contributed by atoms with van der Waals surface area (Å²) in [6.45, 7) is 6.69. The Kier molecular flexibility index (Phi) is 10.4. The van der Waals surface area contributed by atoms with Crippen molar-refractivity contribution in [2.45, 2.75) is 19.6 Å². The topological polar surface area (TPSA) is 82.0 Å². The maximum Gasteiger partial charge on any atom is 0.191 e. The number of aliphatic hydroxyl groups excluding tert-OH is 1. The number of rotatable bonds is 7. The van der Waals surface area contributed by atoms with E-state index in [0.717, 1.165) is 35.9 Å². The van der Waals surface area contributed by atoms with E-state index in [9.17, 15) is 5.11 Å². The van der Waals surface area contributed by atoms with Gasteiger partial charge in [-0.25, -0.2) is 9.98 Å². The number of morpholine rings is 1. The molecule has 0 aliphatic carbocycles. The van der Waals surface area contributed by atoms with Crippen molar-refractivity contribution < 1.29 is 9.84 Å². The lowest BCUT2D eigenvalue weighted by atomic mass is 10.2. The van der Waals surface area contributed by atoms with E-state index in [0.29, 0.717) is 36.6 Å². The minimum atomic E-state index is -0.636. The van der Waals surface area contributed by atoms with Crippen LogP contribution in [0, 0.1) is 0 Å². The highest BCUT2D eigenvalue weighted by Crippen LogP contribution is 2.26. The van der Waals surface area contributed by atoms with Crippen LogP contribution >= 0.6 is 46.9 Å².